The zero-order valence-electron chi connectivity index (χ0n) is 18.9. The Hall–Kier alpha value is -2.34. The van der Waals surface area contributed by atoms with Crippen molar-refractivity contribution in [3.63, 3.8) is 0 Å². The van der Waals surface area contributed by atoms with E-state index in [9.17, 15) is 4.79 Å². The molecule has 1 atom stereocenters. The Labute approximate surface area is 185 Å². The van der Waals surface area contributed by atoms with Crippen molar-refractivity contribution in [3.05, 3.63) is 35.9 Å². The lowest BCUT2D eigenvalue weighted by Gasteiger charge is -2.34. The van der Waals surface area contributed by atoms with E-state index in [1.54, 1.807) is 7.11 Å². The van der Waals surface area contributed by atoms with Gasteiger partial charge in [-0.05, 0) is 39.0 Å². The smallest absolute Gasteiger partial charge is 0.233 e. The minimum atomic E-state index is 0.134. The predicted molar refractivity (Wildman–Crippen MR) is 122 cm³/mol. The number of hydrogen-bond donors (Lipinski definition) is 0. The van der Waals surface area contributed by atoms with Crippen LogP contribution >= 0.6 is 0 Å². The Balaban J connectivity index is 1.69. The first-order chi connectivity index (χ1) is 15.2. The highest BCUT2D eigenvalue weighted by atomic mass is 16.5. The Morgan fingerprint density at radius 1 is 1.16 bits per heavy atom. The first-order valence-electron chi connectivity index (χ1n) is 11.8. The number of methoxy groups -OCH3 is 1. The molecule has 0 bridgehead atoms. The van der Waals surface area contributed by atoms with E-state index in [1.165, 1.54) is 6.42 Å². The number of piperidine rings is 1. The van der Waals surface area contributed by atoms with Crippen LogP contribution in [-0.2, 0) is 16.1 Å². The summed E-state index contributed by atoms with van der Waals surface area (Å²) in [6.45, 7) is 4.83. The van der Waals surface area contributed by atoms with Crippen molar-refractivity contribution in [2.75, 3.05) is 31.7 Å². The van der Waals surface area contributed by atoms with Gasteiger partial charge >= 0.3 is 0 Å². The van der Waals surface area contributed by atoms with Gasteiger partial charge in [-0.15, -0.1) is 0 Å². The molecule has 0 radical (unpaired) electrons. The van der Waals surface area contributed by atoms with E-state index in [2.05, 4.69) is 29.1 Å². The van der Waals surface area contributed by atoms with Gasteiger partial charge in [-0.1, -0.05) is 48.3 Å². The minimum Gasteiger partial charge on any atom is -0.383 e. The largest absolute Gasteiger partial charge is 0.383 e. The van der Waals surface area contributed by atoms with E-state index in [0.717, 1.165) is 67.8 Å². The number of hydrogen-bond acceptors (Lipinski definition) is 5. The van der Waals surface area contributed by atoms with Crippen LogP contribution in [0.15, 0.2) is 34.9 Å². The topological polar surface area (TPSA) is 58.8 Å². The van der Waals surface area contributed by atoms with Crippen molar-refractivity contribution in [1.29, 1.82) is 0 Å². The monoisotopic (exact) mass is 425 g/mol. The summed E-state index contributed by atoms with van der Waals surface area (Å²) >= 11 is 0. The van der Waals surface area contributed by atoms with Gasteiger partial charge in [-0.2, -0.15) is 0 Å². The fraction of sp³-hybridized carbons (Fsp3) is 0.600. The number of amides is 1. The summed E-state index contributed by atoms with van der Waals surface area (Å²) < 4.78 is 11.3. The number of carbonyl (C=O) groups excluding carboxylic acids is 1. The number of ether oxygens (including phenoxy) is 1. The Bertz CT molecular complexity index is 845. The third kappa shape index (κ3) is 4.95. The maximum absolute atomic E-state index is 13.4. The molecule has 6 nitrogen and oxygen atoms in total. The molecule has 1 amide bonds. The van der Waals surface area contributed by atoms with Crippen LogP contribution in [0.3, 0.4) is 0 Å². The van der Waals surface area contributed by atoms with Crippen molar-refractivity contribution in [2.45, 2.75) is 64.5 Å². The molecule has 1 saturated heterocycles. The predicted octanol–water partition coefficient (Wildman–Crippen LogP) is 4.89. The molecular formula is C25H35N3O3. The molecule has 1 aromatic heterocycles. The van der Waals surface area contributed by atoms with Crippen molar-refractivity contribution in [3.8, 4) is 11.3 Å². The molecule has 2 aromatic rings. The number of carbonyl (C=O) groups is 1. The maximum atomic E-state index is 13.4. The molecule has 1 aliphatic heterocycles. The van der Waals surface area contributed by atoms with Gasteiger partial charge in [0, 0.05) is 37.7 Å². The van der Waals surface area contributed by atoms with E-state index in [-0.39, 0.29) is 11.8 Å². The van der Waals surface area contributed by atoms with Crippen molar-refractivity contribution in [1.82, 2.24) is 10.1 Å². The molecule has 168 valence electrons. The Morgan fingerprint density at radius 2 is 1.90 bits per heavy atom. The number of benzene rings is 1. The fourth-order valence-electron chi connectivity index (χ4n) is 4.98. The van der Waals surface area contributed by atoms with Crippen molar-refractivity contribution >= 4 is 11.8 Å². The molecule has 31 heavy (non-hydrogen) atoms. The van der Waals surface area contributed by atoms with Crippen LogP contribution in [0.4, 0.5) is 5.88 Å². The van der Waals surface area contributed by atoms with Crippen LogP contribution in [0, 0.1) is 5.92 Å². The lowest BCUT2D eigenvalue weighted by molar-refractivity contribution is -0.136. The van der Waals surface area contributed by atoms with Gasteiger partial charge in [0.05, 0.1) is 18.7 Å². The molecule has 2 fully saturated rings. The van der Waals surface area contributed by atoms with Crippen LogP contribution in [0.5, 0.6) is 0 Å². The minimum absolute atomic E-state index is 0.134. The van der Waals surface area contributed by atoms with Crippen LogP contribution in [0.25, 0.3) is 11.3 Å². The highest BCUT2D eigenvalue weighted by molar-refractivity contribution is 5.80. The standard InChI is InChI=1S/C25H35N3O3/c1-19-10-8-9-15-28(19)25-22(23(26-31-25)20-11-4-3-5-12-20)18-27(16-17-30-2)24(29)21-13-6-7-14-21/h3-5,11-12,19,21H,6-10,13-18H2,1-2H3/t19-/m0/s1. The Morgan fingerprint density at radius 3 is 2.61 bits per heavy atom. The summed E-state index contributed by atoms with van der Waals surface area (Å²) in [7, 11) is 1.69. The van der Waals surface area contributed by atoms with E-state index < -0.39 is 0 Å². The molecule has 0 N–H and O–H groups in total. The quantitative estimate of drug-likeness (QED) is 0.603. The van der Waals surface area contributed by atoms with Crippen LogP contribution < -0.4 is 4.90 Å². The fourth-order valence-corrected chi connectivity index (χ4v) is 4.98. The van der Waals surface area contributed by atoms with Crippen molar-refractivity contribution < 1.29 is 14.1 Å². The van der Waals surface area contributed by atoms with E-state index >= 15 is 0 Å². The van der Waals surface area contributed by atoms with Crippen LogP contribution in [0.2, 0.25) is 0 Å². The van der Waals surface area contributed by atoms with E-state index in [0.29, 0.717) is 25.7 Å². The summed E-state index contributed by atoms with van der Waals surface area (Å²) in [4.78, 5) is 17.7. The number of nitrogens with zero attached hydrogens (tertiary/aromatic N) is 3. The molecule has 2 aliphatic rings. The average molecular weight is 426 g/mol. The second kappa shape index (κ2) is 10.3. The normalized spacial score (nSPS) is 19.7. The van der Waals surface area contributed by atoms with Gasteiger partial charge in [-0.3, -0.25) is 4.79 Å². The molecular weight excluding hydrogens is 390 g/mol. The molecule has 4 rings (SSSR count). The SMILES string of the molecule is COCCN(Cc1c(-c2ccccc2)noc1N1CCCC[C@@H]1C)C(=O)C1CCCC1. The van der Waals surface area contributed by atoms with Gasteiger partial charge in [0.25, 0.3) is 0 Å². The lowest BCUT2D eigenvalue weighted by atomic mass is 10.0. The average Bonchev–Trinajstić information content (AvgIpc) is 3.47. The number of rotatable bonds is 8. The molecule has 1 aliphatic carbocycles. The number of aromatic nitrogens is 1. The highest BCUT2D eigenvalue weighted by Gasteiger charge is 2.32. The third-order valence-corrected chi connectivity index (χ3v) is 6.81. The zero-order chi connectivity index (χ0) is 21.6. The van der Waals surface area contributed by atoms with Gasteiger partial charge < -0.3 is 19.1 Å². The summed E-state index contributed by atoms with van der Waals surface area (Å²) in [6, 6.07) is 10.6. The first-order valence-corrected chi connectivity index (χ1v) is 11.8. The van der Waals surface area contributed by atoms with Crippen molar-refractivity contribution in [2.24, 2.45) is 5.92 Å². The summed E-state index contributed by atoms with van der Waals surface area (Å²) in [6.07, 6.45) is 7.82. The van der Waals surface area contributed by atoms with E-state index in [1.807, 2.05) is 23.1 Å². The van der Waals surface area contributed by atoms with E-state index in [4.69, 9.17) is 9.26 Å². The summed E-state index contributed by atoms with van der Waals surface area (Å²) in [5, 5.41) is 4.50. The van der Waals surface area contributed by atoms with Gasteiger partial charge in [0.1, 0.15) is 5.69 Å². The zero-order valence-corrected chi connectivity index (χ0v) is 18.9. The van der Waals surface area contributed by atoms with Crippen LogP contribution in [0.1, 0.15) is 57.4 Å². The molecule has 1 saturated carbocycles. The molecule has 6 heteroatoms. The molecule has 0 spiro atoms. The second-order valence-electron chi connectivity index (χ2n) is 8.95. The lowest BCUT2D eigenvalue weighted by Crippen LogP contribution is -2.40. The summed E-state index contributed by atoms with van der Waals surface area (Å²) in [5.74, 6) is 1.20. The van der Waals surface area contributed by atoms with Gasteiger partial charge in [-0.25, -0.2) is 0 Å². The maximum Gasteiger partial charge on any atom is 0.233 e. The molecule has 2 heterocycles. The summed E-state index contributed by atoms with van der Waals surface area (Å²) in [5.41, 5.74) is 2.88. The third-order valence-electron chi connectivity index (χ3n) is 6.81. The Kier molecular flexibility index (Phi) is 7.28. The first kappa shape index (κ1) is 21.9. The number of anilines is 1. The van der Waals surface area contributed by atoms with Gasteiger partial charge in [0.15, 0.2) is 0 Å². The molecule has 0 unspecified atom stereocenters. The second-order valence-corrected chi connectivity index (χ2v) is 8.95. The molecule has 1 aromatic carbocycles. The van der Waals surface area contributed by atoms with Crippen LogP contribution in [-0.4, -0.2) is 48.8 Å². The highest BCUT2D eigenvalue weighted by Crippen LogP contribution is 2.36. The van der Waals surface area contributed by atoms with Gasteiger partial charge in [0.2, 0.25) is 11.8 Å².